The molecule has 0 aliphatic carbocycles. The van der Waals surface area contributed by atoms with Crippen LogP contribution < -0.4 is 10.2 Å². The molecule has 2 nitrogen and oxygen atoms in total. The Hall–Kier alpha value is -2.19. The van der Waals surface area contributed by atoms with Gasteiger partial charge < -0.3 is 10.2 Å². The second kappa shape index (κ2) is 7.37. The second-order valence-corrected chi connectivity index (χ2v) is 7.11. The van der Waals surface area contributed by atoms with Crippen LogP contribution in [0.15, 0.2) is 60.7 Å². The highest BCUT2D eigenvalue weighted by molar-refractivity contribution is 6.33. The minimum Gasteiger partial charge on any atom is -0.381 e. The maximum atomic E-state index is 6.56. The van der Waals surface area contributed by atoms with Crippen molar-refractivity contribution in [2.24, 2.45) is 0 Å². The average molecular weight is 351 g/mol. The predicted octanol–water partition coefficient (Wildman–Crippen LogP) is 6.10. The molecule has 1 saturated heterocycles. The van der Waals surface area contributed by atoms with E-state index in [-0.39, 0.29) is 0 Å². The molecule has 3 aromatic rings. The van der Waals surface area contributed by atoms with Gasteiger partial charge in [-0.15, -0.1) is 0 Å². The summed E-state index contributed by atoms with van der Waals surface area (Å²) in [5.74, 6) is 0. The zero-order chi connectivity index (χ0) is 17.1. The van der Waals surface area contributed by atoms with Gasteiger partial charge in [-0.3, -0.25) is 0 Å². The Bertz CT molecular complexity index is 864. The van der Waals surface area contributed by atoms with E-state index in [9.17, 15) is 0 Å². The van der Waals surface area contributed by atoms with Gasteiger partial charge in [0.15, 0.2) is 0 Å². The molecule has 0 amide bonds. The first-order valence-corrected chi connectivity index (χ1v) is 9.44. The fraction of sp³-hybridized carbons (Fsp3) is 0.273. The van der Waals surface area contributed by atoms with E-state index < -0.39 is 0 Å². The van der Waals surface area contributed by atoms with E-state index >= 15 is 0 Å². The molecule has 0 saturated carbocycles. The van der Waals surface area contributed by atoms with E-state index in [1.807, 2.05) is 0 Å². The van der Waals surface area contributed by atoms with Crippen molar-refractivity contribution in [2.45, 2.75) is 25.8 Å². The Morgan fingerprint density at radius 2 is 1.68 bits per heavy atom. The van der Waals surface area contributed by atoms with Gasteiger partial charge in [0.05, 0.1) is 10.7 Å². The van der Waals surface area contributed by atoms with Crippen molar-refractivity contribution in [3.05, 3.63) is 71.2 Å². The van der Waals surface area contributed by atoms with Gasteiger partial charge in [-0.1, -0.05) is 54.1 Å². The van der Waals surface area contributed by atoms with Crippen LogP contribution in [0.3, 0.4) is 0 Å². The summed E-state index contributed by atoms with van der Waals surface area (Å²) in [5, 5.41) is 6.94. The van der Waals surface area contributed by atoms with Crippen LogP contribution in [-0.2, 0) is 6.54 Å². The summed E-state index contributed by atoms with van der Waals surface area (Å²) >= 11 is 6.56. The lowest BCUT2D eigenvalue weighted by molar-refractivity contribution is 0.578. The Kier molecular flexibility index (Phi) is 4.80. The van der Waals surface area contributed by atoms with Crippen LogP contribution in [0.2, 0.25) is 5.02 Å². The van der Waals surface area contributed by atoms with Crippen molar-refractivity contribution in [1.82, 2.24) is 0 Å². The van der Waals surface area contributed by atoms with Gasteiger partial charge in [0, 0.05) is 25.3 Å². The van der Waals surface area contributed by atoms with Crippen LogP contribution in [0, 0.1) is 0 Å². The lowest BCUT2D eigenvalue weighted by Gasteiger charge is -2.29. The van der Waals surface area contributed by atoms with Crippen molar-refractivity contribution in [1.29, 1.82) is 0 Å². The van der Waals surface area contributed by atoms with Crippen LogP contribution in [0.5, 0.6) is 0 Å². The molecular formula is C22H23ClN2. The van der Waals surface area contributed by atoms with E-state index in [1.54, 1.807) is 0 Å². The van der Waals surface area contributed by atoms with E-state index in [4.69, 9.17) is 11.6 Å². The SMILES string of the molecule is Clc1cc(NCc2cccc3ccccc23)ccc1N1CCCCC1. The number of hydrogen-bond acceptors (Lipinski definition) is 2. The maximum Gasteiger partial charge on any atom is 0.0660 e. The third-order valence-corrected chi connectivity index (χ3v) is 5.31. The molecule has 3 heteroatoms. The molecule has 1 fully saturated rings. The predicted molar refractivity (Wildman–Crippen MR) is 109 cm³/mol. The summed E-state index contributed by atoms with van der Waals surface area (Å²) in [6, 6.07) is 21.3. The van der Waals surface area contributed by atoms with Gasteiger partial charge in [0.2, 0.25) is 0 Å². The summed E-state index contributed by atoms with van der Waals surface area (Å²) in [7, 11) is 0. The molecule has 0 spiro atoms. The Balaban J connectivity index is 1.50. The van der Waals surface area contributed by atoms with Crippen LogP contribution in [0.1, 0.15) is 24.8 Å². The number of hydrogen-bond donors (Lipinski definition) is 1. The number of nitrogens with zero attached hydrogens (tertiary/aromatic N) is 1. The van der Waals surface area contributed by atoms with Crippen LogP contribution in [0.4, 0.5) is 11.4 Å². The summed E-state index contributed by atoms with van der Waals surface area (Å²) < 4.78 is 0. The summed E-state index contributed by atoms with van der Waals surface area (Å²) in [6.07, 6.45) is 3.85. The molecule has 1 aliphatic rings. The number of fused-ring (bicyclic) bond motifs is 1. The number of rotatable bonds is 4. The molecule has 128 valence electrons. The van der Waals surface area contributed by atoms with Gasteiger partial charge in [0.1, 0.15) is 0 Å². The molecule has 25 heavy (non-hydrogen) atoms. The van der Waals surface area contributed by atoms with Gasteiger partial charge in [0.25, 0.3) is 0 Å². The normalized spacial score (nSPS) is 14.7. The minimum atomic E-state index is 0.792. The number of anilines is 2. The van der Waals surface area contributed by atoms with Crippen molar-refractivity contribution < 1.29 is 0 Å². The van der Waals surface area contributed by atoms with E-state index in [1.165, 1.54) is 35.6 Å². The first kappa shape index (κ1) is 16.3. The third-order valence-electron chi connectivity index (χ3n) is 5.01. The molecular weight excluding hydrogens is 328 g/mol. The molecule has 0 unspecified atom stereocenters. The lowest BCUT2D eigenvalue weighted by Crippen LogP contribution is -2.29. The lowest BCUT2D eigenvalue weighted by atomic mass is 10.0. The van der Waals surface area contributed by atoms with Crippen LogP contribution in [-0.4, -0.2) is 13.1 Å². The first-order valence-electron chi connectivity index (χ1n) is 9.06. The van der Waals surface area contributed by atoms with E-state index in [0.717, 1.165) is 36.0 Å². The molecule has 1 heterocycles. The van der Waals surface area contributed by atoms with Crippen molar-refractivity contribution >= 4 is 33.7 Å². The van der Waals surface area contributed by atoms with Crippen LogP contribution >= 0.6 is 11.6 Å². The number of benzene rings is 3. The molecule has 0 radical (unpaired) electrons. The van der Waals surface area contributed by atoms with Gasteiger partial charge in [-0.05, 0) is 53.8 Å². The summed E-state index contributed by atoms with van der Waals surface area (Å²) in [6.45, 7) is 3.02. The van der Waals surface area contributed by atoms with Gasteiger partial charge in [-0.25, -0.2) is 0 Å². The second-order valence-electron chi connectivity index (χ2n) is 6.71. The molecule has 0 bridgehead atoms. The summed E-state index contributed by atoms with van der Waals surface area (Å²) in [4.78, 5) is 2.40. The van der Waals surface area contributed by atoms with Crippen molar-refractivity contribution in [2.75, 3.05) is 23.3 Å². The number of piperidine rings is 1. The zero-order valence-corrected chi connectivity index (χ0v) is 15.1. The van der Waals surface area contributed by atoms with Crippen molar-refractivity contribution in [3.63, 3.8) is 0 Å². The number of halogens is 1. The fourth-order valence-corrected chi connectivity index (χ4v) is 3.95. The highest BCUT2D eigenvalue weighted by atomic mass is 35.5. The molecule has 0 atom stereocenters. The maximum absolute atomic E-state index is 6.56. The summed E-state index contributed by atoms with van der Waals surface area (Å²) in [5.41, 5.74) is 3.53. The largest absolute Gasteiger partial charge is 0.381 e. The topological polar surface area (TPSA) is 15.3 Å². The van der Waals surface area contributed by atoms with E-state index in [0.29, 0.717) is 0 Å². The Morgan fingerprint density at radius 3 is 2.52 bits per heavy atom. The Morgan fingerprint density at radius 1 is 0.880 bits per heavy atom. The third kappa shape index (κ3) is 3.59. The minimum absolute atomic E-state index is 0.792. The molecule has 1 N–H and O–H groups in total. The van der Waals surface area contributed by atoms with E-state index in [2.05, 4.69) is 70.9 Å². The molecule has 1 aliphatic heterocycles. The number of nitrogens with one attached hydrogen (secondary N) is 1. The quantitative estimate of drug-likeness (QED) is 0.612. The smallest absolute Gasteiger partial charge is 0.0660 e. The fourth-order valence-electron chi connectivity index (χ4n) is 3.65. The average Bonchev–Trinajstić information content (AvgIpc) is 2.67. The monoisotopic (exact) mass is 350 g/mol. The molecule has 3 aromatic carbocycles. The molecule has 4 rings (SSSR count). The highest BCUT2D eigenvalue weighted by Crippen LogP contribution is 2.31. The van der Waals surface area contributed by atoms with Crippen LogP contribution in [0.25, 0.3) is 10.8 Å². The Labute approximate surface area is 154 Å². The van der Waals surface area contributed by atoms with Crippen molar-refractivity contribution in [3.8, 4) is 0 Å². The first-order chi connectivity index (χ1) is 12.3. The van der Waals surface area contributed by atoms with Gasteiger partial charge >= 0.3 is 0 Å². The standard InChI is InChI=1S/C22H23ClN2/c23-21-15-19(11-12-22(21)25-13-4-1-5-14-25)24-16-18-9-6-8-17-7-2-3-10-20(17)18/h2-3,6-12,15,24H,1,4-5,13-14,16H2. The zero-order valence-electron chi connectivity index (χ0n) is 14.3. The van der Waals surface area contributed by atoms with Gasteiger partial charge in [-0.2, -0.15) is 0 Å². The highest BCUT2D eigenvalue weighted by Gasteiger charge is 2.14. The molecule has 0 aromatic heterocycles.